The number of nitrogens with one attached hydrogen (secondary N) is 1. The molecule has 3 N–H and O–H groups in total. The Bertz CT molecular complexity index is 747. The summed E-state index contributed by atoms with van der Waals surface area (Å²) in [7, 11) is 0. The van der Waals surface area contributed by atoms with Crippen molar-refractivity contribution in [2.24, 2.45) is 5.73 Å². The second-order valence-corrected chi connectivity index (χ2v) is 5.25. The van der Waals surface area contributed by atoms with E-state index in [1.807, 2.05) is 0 Å². The zero-order valence-electron chi connectivity index (χ0n) is 11.1. The van der Waals surface area contributed by atoms with Crippen molar-refractivity contribution < 1.29 is 18.0 Å². The highest BCUT2D eigenvalue weighted by atomic mass is 32.1. The van der Waals surface area contributed by atoms with E-state index < -0.39 is 18.6 Å². The number of anilines is 1. The molecule has 114 valence electrons. The van der Waals surface area contributed by atoms with Gasteiger partial charge >= 0.3 is 6.18 Å². The van der Waals surface area contributed by atoms with Crippen LogP contribution in [0.2, 0.25) is 0 Å². The van der Waals surface area contributed by atoms with Crippen LogP contribution in [-0.4, -0.2) is 23.6 Å². The van der Waals surface area contributed by atoms with E-state index in [4.69, 9.17) is 12.2 Å². The maximum absolute atomic E-state index is 12.3. The highest BCUT2D eigenvalue weighted by Gasteiger charge is 2.28. The molecule has 2 aromatic rings. The van der Waals surface area contributed by atoms with Gasteiger partial charge in [0.15, 0.2) is 5.69 Å². The third-order valence-electron chi connectivity index (χ3n) is 2.59. The van der Waals surface area contributed by atoms with Crippen LogP contribution in [0.1, 0.15) is 16.1 Å². The smallest absolute Gasteiger partial charge is 0.366 e. The average Bonchev–Trinajstić information content (AvgIpc) is 2.89. The number of benzene rings is 1. The molecule has 0 fully saturated rings. The Balaban J connectivity index is 2.38. The van der Waals surface area contributed by atoms with Crippen LogP contribution in [0, 0.1) is 12.3 Å². The molecule has 1 amide bonds. The third-order valence-corrected chi connectivity index (χ3v) is 3.65. The largest absolute Gasteiger partial charge is 0.405 e. The fourth-order valence-corrected chi connectivity index (χ4v) is 2.62. The predicted octanol–water partition coefficient (Wildman–Crippen LogP) is 2.86. The molecule has 0 saturated carbocycles. The number of carbonyl (C=O) groups excluding carboxylic acids is 1. The van der Waals surface area contributed by atoms with Crippen molar-refractivity contribution in [1.29, 1.82) is 0 Å². The Morgan fingerprint density at radius 1 is 1.45 bits per heavy atom. The number of nitrogens with zero attached hydrogens (tertiary/aromatic N) is 1. The molecule has 8 heteroatoms. The van der Waals surface area contributed by atoms with Gasteiger partial charge in [-0.05, 0) is 12.1 Å². The molecule has 2 rings (SSSR count). The lowest BCUT2D eigenvalue weighted by Crippen LogP contribution is -2.22. The summed E-state index contributed by atoms with van der Waals surface area (Å²) in [5.74, 6) is 1.54. The van der Waals surface area contributed by atoms with Crippen molar-refractivity contribution in [3.63, 3.8) is 0 Å². The second kappa shape index (κ2) is 6.07. The van der Waals surface area contributed by atoms with E-state index in [0.717, 1.165) is 11.3 Å². The van der Waals surface area contributed by atoms with Crippen molar-refractivity contribution in [2.75, 3.05) is 11.9 Å². The number of amides is 1. The van der Waals surface area contributed by atoms with Gasteiger partial charge in [-0.15, -0.1) is 6.42 Å². The number of hydrogen-bond donors (Lipinski definition) is 2. The minimum atomic E-state index is -4.41. The Morgan fingerprint density at radius 2 is 2.18 bits per heavy atom. The first-order chi connectivity index (χ1) is 10.3. The highest BCUT2D eigenvalue weighted by molar-refractivity contribution is 7.19. The van der Waals surface area contributed by atoms with Crippen molar-refractivity contribution in [3.05, 3.63) is 35.5 Å². The lowest BCUT2D eigenvalue weighted by Gasteiger charge is -2.07. The van der Waals surface area contributed by atoms with E-state index in [1.54, 1.807) is 24.3 Å². The lowest BCUT2D eigenvalue weighted by atomic mass is 10.1. The van der Waals surface area contributed by atoms with Gasteiger partial charge in [-0.25, -0.2) is 4.98 Å². The quantitative estimate of drug-likeness (QED) is 0.850. The Hall–Kier alpha value is -2.53. The molecular formula is C14H10F3N3OS. The maximum atomic E-state index is 12.3. The van der Waals surface area contributed by atoms with Gasteiger partial charge in [0.2, 0.25) is 0 Å². The van der Waals surface area contributed by atoms with Crippen LogP contribution in [-0.2, 0) is 0 Å². The van der Waals surface area contributed by atoms with Crippen LogP contribution in [0.25, 0.3) is 10.6 Å². The van der Waals surface area contributed by atoms with E-state index in [1.165, 1.54) is 0 Å². The van der Waals surface area contributed by atoms with E-state index in [9.17, 15) is 18.0 Å². The third kappa shape index (κ3) is 3.77. The van der Waals surface area contributed by atoms with Gasteiger partial charge in [-0.1, -0.05) is 29.4 Å². The van der Waals surface area contributed by atoms with Crippen LogP contribution >= 0.6 is 11.3 Å². The molecule has 4 nitrogen and oxygen atoms in total. The molecule has 0 unspecified atom stereocenters. The summed E-state index contributed by atoms with van der Waals surface area (Å²) in [5, 5.41) is 2.48. The molecule has 0 aliphatic rings. The number of nitrogens with two attached hydrogens (primary N) is 1. The van der Waals surface area contributed by atoms with E-state index in [-0.39, 0.29) is 10.7 Å². The van der Waals surface area contributed by atoms with Gasteiger partial charge in [-0.2, -0.15) is 13.2 Å². The number of primary amides is 1. The fourth-order valence-electron chi connectivity index (χ4n) is 1.65. The zero-order valence-corrected chi connectivity index (χ0v) is 11.9. The van der Waals surface area contributed by atoms with Gasteiger partial charge in [-0.3, -0.25) is 4.79 Å². The van der Waals surface area contributed by atoms with Crippen LogP contribution in [0.5, 0.6) is 0 Å². The molecule has 1 aromatic heterocycles. The van der Waals surface area contributed by atoms with Crippen LogP contribution < -0.4 is 11.1 Å². The number of alkyl halides is 3. The van der Waals surface area contributed by atoms with Gasteiger partial charge in [0.25, 0.3) is 5.91 Å². The van der Waals surface area contributed by atoms with Crippen LogP contribution in [0.4, 0.5) is 18.2 Å². The molecular weight excluding hydrogens is 315 g/mol. The van der Waals surface area contributed by atoms with Gasteiger partial charge in [0, 0.05) is 11.1 Å². The van der Waals surface area contributed by atoms with E-state index >= 15 is 0 Å². The second-order valence-electron chi connectivity index (χ2n) is 4.25. The summed E-state index contributed by atoms with van der Waals surface area (Å²) < 4.78 is 36.9. The lowest BCUT2D eigenvalue weighted by molar-refractivity contribution is -0.115. The number of halogens is 3. The number of hydrogen-bond acceptors (Lipinski definition) is 4. The van der Waals surface area contributed by atoms with Gasteiger partial charge in [0.05, 0.1) is 0 Å². The standard InChI is InChI=1S/C14H10F3N3OS/c1-2-8-4-3-5-9(6-8)12-20-10(11(18)21)13(22-12)19-7-14(15,16)17/h1,3-6,19H,7H2,(H2,18,21). The van der Waals surface area contributed by atoms with Crippen LogP contribution in [0.3, 0.4) is 0 Å². The monoisotopic (exact) mass is 325 g/mol. The molecule has 0 aliphatic carbocycles. The summed E-state index contributed by atoms with van der Waals surface area (Å²) in [5.41, 5.74) is 6.12. The first-order valence-electron chi connectivity index (χ1n) is 5.98. The van der Waals surface area contributed by atoms with Crippen molar-refractivity contribution in [1.82, 2.24) is 4.98 Å². The molecule has 0 spiro atoms. The SMILES string of the molecule is C#Cc1cccc(-c2nc(C(N)=O)c(NCC(F)(F)F)s2)c1. The molecule has 1 aromatic carbocycles. The Morgan fingerprint density at radius 3 is 2.77 bits per heavy atom. The molecule has 0 saturated heterocycles. The number of thiazole rings is 1. The van der Waals surface area contributed by atoms with Gasteiger partial charge in [0.1, 0.15) is 16.6 Å². The highest BCUT2D eigenvalue weighted by Crippen LogP contribution is 2.33. The average molecular weight is 325 g/mol. The van der Waals surface area contributed by atoms with E-state index in [0.29, 0.717) is 16.1 Å². The topological polar surface area (TPSA) is 68.0 Å². The molecule has 22 heavy (non-hydrogen) atoms. The number of aromatic nitrogens is 1. The number of rotatable bonds is 4. The van der Waals surface area contributed by atoms with Crippen molar-refractivity contribution >= 4 is 22.2 Å². The predicted molar refractivity (Wildman–Crippen MR) is 78.5 cm³/mol. The zero-order chi connectivity index (χ0) is 16.3. The summed E-state index contributed by atoms with van der Waals surface area (Å²) in [6.45, 7) is -1.28. The minimum absolute atomic E-state index is 0.0223. The summed E-state index contributed by atoms with van der Waals surface area (Å²) in [6.07, 6.45) is 0.883. The molecule has 0 atom stereocenters. The molecule has 0 bridgehead atoms. The number of terminal acetylenes is 1. The minimum Gasteiger partial charge on any atom is -0.366 e. The van der Waals surface area contributed by atoms with Crippen molar-refractivity contribution in [3.8, 4) is 22.9 Å². The normalized spacial score (nSPS) is 11.0. The Labute approximate surface area is 128 Å². The van der Waals surface area contributed by atoms with Crippen LogP contribution in [0.15, 0.2) is 24.3 Å². The summed E-state index contributed by atoms with van der Waals surface area (Å²) in [4.78, 5) is 15.3. The maximum Gasteiger partial charge on any atom is 0.405 e. The Kier molecular flexibility index (Phi) is 4.37. The fraction of sp³-hybridized carbons (Fsp3) is 0.143. The first-order valence-corrected chi connectivity index (χ1v) is 6.80. The van der Waals surface area contributed by atoms with Crippen molar-refractivity contribution in [2.45, 2.75) is 6.18 Å². The molecule has 0 aliphatic heterocycles. The summed E-state index contributed by atoms with van der Waals surface area (Å²) in [6, 6.07) is 6.74. The van der Waals surface area contributed by atoms with E-state index in [2.05, 4.69) is 16.2 Å². The molecule has 0 radical (unpaired) electrons. The molecule has 1 heterocycles. The van der Waals surface area contributed by atoms with Gasteiger partial charge < -0.3 is 11.1 Å². The summed E-state index contributed by atoms with van der Waals surface area (Å²) >= 11 is 0.909. The first kappa shape index (κ1) is 15.9. The number of carbonyl (C=O) groups is 1.